The molecule has 1 atom stereocenters. The lowest BCUT2D eigenvalue weighted by Crippen LogP contribution is -2.39. The largest absolute Gasteiger partial charge is 0.341 e. The Balaban J connectivity index is 0.00000144. The van der Waals surface area contributed by atoms with E-state index < -0.39 is 0 Å². The molecule has 1 aromatic heterocycles. The third-order valence-corrected chi connectivity index (χ3v) is 5.10. The predicted octanol–water partition coefficient (Wildman–Crippen LogP) is 3.32. The lowest BCUT2D eigenvalue weighted by molar-refractivity contribution is -0.130. The highest BCUT2D eigenvalue weighted by Crippen LogP contribution is 2.24. The normalized spacial score (nSPS) is 16.2. The summed E-state index contributed by atoms with van der Waals surface area (Å²) in [5, 5.41) is 6.27. The molecule has 1 saturated heterocycles. The Morgan fingerprint density at radius 1 is 1.33 bits per heavy atom. The molecule has 1 fully saturated rings. The summed E-state index contributed by atoms with van der Waals surface area (Å²) in [7, 11) is 1.90. The number of carbonyl (C=O) groups excluding carboxylic acids is 1. The summed E-state index contributed by atoms with van der Waals surface area (Å²) >= 11 is 1.60. The number of hydrogen-bond donors (Lipinski definition) is 1. The number of likely N-dealkylation sites (N-methyl/N-ethyl adjacent to an activating group) is 1. The molecule has 2 aromatic rings. The van der Waals surface area contributed by atoms with Gasteiger partial charge in [0.2, 0.25) is 5.91 Å². The van der Waals surface area contributed by atoms with Gasteiger partial charge in [-0.3, -0.25) is 4.79 Å². The SMILES string of the molecule is Cc1ccc(-c2nc(CC(=O)N(C)C3CCNC3)cs2)cc1.Cl.Cl. The van der Waals surface area contributed by atoms with E-state index in [1.165, 1.54) is 5.56 Å². The number of nitrogens with one attached hydrogen (secondary N) is 1. The highest BCUT2D eigenvalue weighted by molar-refractivity contribution is 7.13. The van der Waals surface area contributed by atoms with Crippen molar-refractivity contribution in [2.24, 2.45) is 0 Å². The molecule has 1 aliphatic rings. The minimum Gasteiger partial charge on any atom is -0.341 e. The Morgan fingerprint density at radius 2 is 2.04 bits per heavy atom. The molecule has 132 valence electrons. The number of thiazole rings is 1. The third-order valence-electron chi connectivity index (χ3n) is 4.16. The number of rotatable bonds is 4. The Morgan fingerprint density at radius 3 is 2.67 bits per heavy atom. The number of aryl methyl sites for hydroxylation is 1. The van der Waals surface area contributed by atoms with Crippen LogP contribution in [0.3, 0.4) is 0 Å². The Hall–Kier alpha value is -1.14. The third kappa shape index (κ3) is 4.93. The number of benzene rings is 1. The van der Waals surface area contributed by atoms with Gasteiger partial charge in [-0.1, -0.05) is 29.8 Å². The van der Waals surface area contributed by atoms with Crippen molar-refractivity contribution < 1.29 is 4.79 Å². The van der Waals surface area contributed by atoms with Crippen molar-refractivity contribution in [3.8, 4) is 10.6 Å². The zero-order chi connectivity index (χ0) is 15.5. The number of amides is 1. The molecule has 0 aliphatic carbocycles. The first-order chi connectivity index (χ1) is 10.6. The van der Waals surface area contributed by atoms with Gasteiger partial charge in [-0.2, -0.15) is 0 Å². The summed E-state index contributed by atoms with van der Waals surface area (Å²) in [6, 6.07) is 8.65. The quantitative estimate of drug-likeness (QED) is 0.874. The summed E-state index contributed by atoms with van der Waals surface area (Å²) in [4.78, 5) is 18.8. The molecule has 0 spiro atoms. The smallest absolute Gasteiger partial charge is 0.228 e. The maximum Gasteiger partial charge on any atom is 0.228 e. The second kappa shape index (κ2) is 9.37. The second-order valence-electron chi connectivity index (χ2n) is 5.84. The van der Waals surface area contributed by atoms with E-state index in [1.807, 2.05) is 17.3 Å². The Bertz CT molecular complexity index is 654. The van der Waals surface area contributed by atoms with E-state index in [0.29, 0.717) is 12.5 Å². The maximum atomic E-state index is 12.4. The molecule has 4 nitrogen and oxygen atoms in total. The molecule has 2 heterocycles. The average molecular weight is 388 g/mol. The van der Waals surface area contributed by atoms with Crippen LogP contribution in [0.25, 0.3) is 10.6 Å². The van der Waals surface area contributed by atoms with E-state index >= 15 is 0 Å². The predicted molar refractivity (Wildman–Crippen MR) is 105 cm³/mol. The van der Waals surface area contributed by atoms with Gasteiger partial charge in [-0.25, -0.2) is 4.98 Å². The zero-order valence-electron chi connectivity index (χ0n) is 13.8. The van der Waals surface area contributed by atoms with Crippen molar-refractivity contribution in [2.75, 3.05) is 20.1 Å². The molecule has 24 heavy (non-hydrogen) atoms. The van der Waals surface area contributed by atoms with Crippen molar-refractivity contribution in [2.45, 2.75) is 25.8 Å². The van der Waals surface area contributed by atoms with Crippen molar-refractivity contribution in [3.05, 3.63) is 40.9 Å². The van der Waals surface area contributed by atoms with E-state index in [-0.39, 0.29) is 30.7 Å². The summed E-state index contributed by atoms with van der Waals surface area (Å²) in [5.74, 6) is 0.148. The molecule has 1 amide bonds. The number of aromatic nitrogens is 1. The van der Waals surface area contributed by atoms with Crippen molar-refractivity contribution in [3.63, 3.8) is 0 Å². The number of nitrogens with zero attached hydrogens (tertiary/aromatic N) is 2. The topological polar surface area (TPSA) is 45.2 Å². The van der Waals surface area contributed by atoms with E-state index in [1.54, 1.807) is 11.3 Å². The molecular weight excluding hydrogens is 365 g/mol. The van der Waals surface area contributed by atoms with Crippen LogP contribution in [0.15, 0.2) is 29.6 Å². The van der Waals surface area contributed by atoms with Gasteiger partial charge in [0.1, 0.15) is 5.01 Å². The van der Waals surface area contributed by atoms with Gasteiger partial charge in [0.25, 0.3) is 0 Å². The van der Waals surface area contributed by atoms with Crippen molar-refractivity contribution in [1.29, 1.82) is 0 Å². The Kier molecular flexibility index (Phi) is 8.16. The van der Waals surface area contributed by atoms with Gasteiger partial charge in [-0.15, -0.1) is 36.2 Å². The fraction of sp³-hybridized carbons (Fsp3) is 0.412. The van der Waals surface area contributed by atoms with Crippen LogP contribution in [0.5, 0.6) is 0 Å². The van der Waals surface area contributed by atoms with Gasteiger partial charge in [0.05, 0.1) is 12.1 Å². The maximum absolute atomic E-state index is 12.4. The summed E-state index contributed by atoms with van der Waals surface area (Å²) in [6.45, 7) is 3.97. The van der Waals surface area contributed by atoms with E-state index in [0.717, 1.165) is 35.8 Å². The van der Waals surface area contributed by atoms with Crippen LogP contribution in [-0.2, 0) is 11.2 Å². The number of carbonyl (C=O) groups is 1. The van der Waals surface area contributed by atoms with Crippen LogP contribution in [-0.4, -0.2) is 42.0 Å². The average Bonchev–Trinajstić information content (AvgIpc) is 3.18. The zero-order valence-corrected chi connectivity index (χ0v) is 16.3. The number of hydrogen-bond acceptors (Lipinski definition) is 4. The summed E-state index contributed by atoms with van der Waals surface area (Å²) in [5.41, 5.74) is 3.22. The van der Waals surface area contributed by atoms with Crippen LogP contribution in [0.4, 0.5) is 0 Å². The molecule has 1 aromatic carbocycles. The van der Waals surface area contributed by atoms with E-state index in [9.17, 15) is 4.79 Å². The molecule has 1 aliphatic heterocycles. The summed E-state index contributed by atoms with van der Waals surface area (Å²) < 4.78 is 0. The van der Waals surface area contributed by atoms with Crippen LogP contribution in [0, 0.1) is 6.92 Å². The molecule has 0 bridgehead atoms. The fourth-order valence-electron chi connectivity index (χ4n) is 2.67. The van der Waals surface area contributed by atoms with Crippen molar-refractivity contribution >= 4 is 42.1 Å². The molecule has 0 radical (unpaired) electrons. The van der Waals surface area contributed by atoms with Crippen LogP contribution >= 0.6 is 36.2 Å². The van der Waals surface area contributed by atoms with Crippen molar-refractivity contribution in [1.82, 2.24) is 15.2 Å². The Labute approximate surface area is 159 Å². The lowest BCUT2D eigenvalue weighted by atomic mass is 10.1. The van der Waals surface area contributed by atoms with Gasteiger partial charge in [0.15, 0.2) is 0 Å². The standard InChI is InChI=1S/C17H21N3OS.2ClH/c1-12-3-5-13(6-4-12)17-19-14(11-22-17)9-16(21)20(2)15-7-8-18-10-15;;/h3-6,11,15,18H,7-10H2,1-2H3;2*1H. The molecule has 0 saturated carbocycles. The van der Waals surface area contributed by atoms with Gasteiger partial charge in [0, 0.05) is 30.6 Å². The first kappa shape index (κ1) is 20.9. The monoisotopic (exact) mass is 387 g/mol. The molecular formula is C17H23Cl2N3OS. The first-order valence-corrected chi connectivity index (χ1v) is 8.49. The van der Waals surface area contributed by atoms with Gasteiger partial charge < -0.3 is 10.2 Å². The minimum atomic E-state index is 0. The molecule has 3 rings (SSSR count). The van der Waals surface area contributed by atoms with Crippen LogP contribution in [0.2, 0.25) is 0 Å². The summed E-state index contributed by atoms with van der Waals surface area (Å²) in [6.07, 6.45) is 1.42. The highest BCUT2D eigenvalue weighted by atomic mass is 35.5. The molecule has 7 heteroatoms. The van der Waals surface area contributed by atoms with E-state index in [2.05, 4.69) is 41.5 Å². The first-order valence-electron chi connectivity index (χ1n) is 7.61. The van der Waals surface area contributed by atoms with Crippen LogP contribution < -0.4 is 5.32 Å². The second-order valence-corrected chi connectivity index (χ2v) is 6.70. The number of halogens is 2. The highest BCUT2D eigenvalue weighted by Gasteiger charge is 2.23. The lowest BCUT2D eigenvalue weighted by Gasteiger charge is -2.23. The van der Waals surface area contributed by atoms with E-state index in [4.69, 9.17) is 0 Å². The molecule has 1 unspecified atom stereocenters. The molecule has 1 N–H and O–H groups in total. The van der Waals surface area contributed by atoms with Gasteiger partial charge >= 0.3 is 0 Å². The van der Waals surface area contributed by atoms with Gasteiger partial charge in [-0.05, 0) is 19.9 Å². The van der Waals surface area contributed by atoms with Crippen LogP contribution in [0.1, 0.15) is 17.7 Å². The minimum absolute atomic E-state index is 0. The fourth-order valence-corrected chi connectivity index (χ4v) is 3.50.